The van der Waals surface area contributed by atoms with Crippen LogP contribution in [-0.4, -0.2) is 23.0 Å². The Kier molecular flexibility index (Phi) is 4.13. The minimum absolute atomic E-state index is 0.0767. The Morgan fingerprint density at radius 1 is 1.37 bits per heavy atom. The van der Waals surface area contributed by atoms with Gasteiger partial charge < -0.3 is 16.2 Å². The smallest absolute Gasteiger partial charge is 0.243 e. The standard InChI is InChI=1S/C13H17N3O3/c14-10-2-1-8(7-17)9(5-10)6-15-11-3-4-12(18)16-13(11)19/h1-2,5,11,15,17H,3-4,6-7,14H2,(H,16,18,19). The van der Waals surface area contributed by atoms with Gasteiger partial charge in [-0.05, 0) is 29.7 Å². The highest BCUT2D eigenvalue weighted by atomic mass is 16.3. The number of hydrogen-bond donors (Lipinski definition) is 4. The Labute approximate surface area is 111 Å². The Hall–Kier alpha value is -1.92. The summed E-state index contributed by atoms with van der Waals surface area (Å²) < 4.78 is 0. The molecule has 1 atom stereocenters. The largest absolute Gasteiger partial charge is 0.399 e. The van der Waals surface area contributed by atoms with Gasteiger partial charge in [0.1, 0.15) is 0 Å². The second kappa shape index (κ2) is 5.81. The Bertz CT molecular complexity index is 502. The van der Waals surface area contributed by atoms with Gasteiger partial charge >= 0.3 is 0 Å². The van der Waals surface area contributed by atoms with Gasteiger partial charge in [0.15, 0.2) is 0 Å². The number of hydrogen-bond acceptors (Lipinski definition) is 5. The molecular formula is C13H17N3O3. The minimum atomic E-state index is -0.384. The maximum Gasteiger partial charge on any atom is 0.243 e. The molecule has 1 fully saturated rings. The van der Waals surface area contributed by atoms with Crippen molar-refractivity contribution < 1.29 is 14.7 Å². The zero-order chi connectivity index (χ0) is 13.8. The van der Waals surface area contributed by atoms with Crippen LogP contribution in [0.15, 0.2) is 18.2 Å². The molecule has 1 aliphatic heterocycles. The lowest BCUT2D eigenvalue weighted by molar-refractivity contribution is -0.134. The Morgan fingerprint density at radius 3 is 2.84 bits per heavy atom. The van der Waals surface area contributed by atoms with Crippen molar-refractivity contribution in [2.75, 3.05) is 5.73 Å². The maximum absolute atomic E-state index is 11.6. The summed E-state index contributed by atoms with van der Waals surface area (Å²) in [6, 6.07) is 4.87. The molecule has 19 heavy (non-hydrogen) atoms. The lowest BCUT2D eigenvalue weighted by Gasteiger charge is -2.22. The van der Waals surface area contributed by atoms with Crippen LogP contribution in [0.4, 0.5) is 5.69 Å². The molecule has 6 heteroatoms. The molecular weight excluding hydrogens is 246 g/mol. The Morgan fingerprint density at radius 2 is 2.16 bits per heavy atom. The van der Waals surface area contributed by atoms with Gasteiger partial charge in [0.25, 0.3) is 0 Å². The number of carbonyl (C=O) groups excluding carboxylic acids is 2. The number of nitrogen functional groups attached to an aromatic ring is 1. The number of amides is 2. The van der Waals surface area contributed by atoms with Crippen LogP contribution in [0.5, 0.6) is 0 Å². The first-order valence-electron chi connectivity index (χ1n) is 6.15. The van der Waals surface area contributed by atoms with Crippen LogP contribution in [-0.2, 0) is 22.7 Å². The molecule has 0 aliphatic carbocycles. The van der Waals surface area contributed by atoms with E-state index in [0.29, 0.717) is 25.1 Å². The average Bonchev–Trinajstić information content (AvgIpc) is 2.38. The van der Waals surface area contributed by atoms with Crippen LogP contribution < -0.4 is 16.4 Å². The molecule has 2 amide bonds. The van der Waals surface area contributed by atoms with Crippen LogP contribution in [0, 0.1) is 0 Å². The van der Waals surface area contributed by atoms with E-state index >= 15 is 0 Å². The highest BCUT2D eigenvalue weighted by molar-refractivity contribution is 6.00. The molecule has 0 spiro atoms. The van der Waals surface area contributed by atoms with Gasteiger partial charge in [-0.1, -0.05) is 6.07 Å². The van der Waals surface area contributed by atoms with Gasteiger partial charge in [-0.25, -0.2) is 0 Å². The zero-order valence-electron chi connectivity index (χ0n) is 10.5. The number of rotatable bonds is 4. The predicted octanol–water partition coefficient (Wildman–Crippen LogP) is -0.344. The summed E-state index contributed by atoms with van der Waals surface area (Å²) in [6.07, 6.45) is 0.828. The van der Waals surface area contributed by atoms with Gasteiger partial charge in [-0.15, -0.1) is 0 Å². The van der Waals surface area contributed by atoms with Crippen molar-refractivity contribution in [3.63, 3.8) is 0 Å². The first kappa shape index (κ1) is 13.5. The van der Waals surface area contributed by atoms with E-state index in [9.17, 15) is 14.7 Å². The summed E-state index contributed by atoms with van der Waals surface area (Å²) in [5, 5.41) is 14.6. The van der Waals surface area contributed by atoms with Crippen LogP contribution in [0.1, 0.15) is 24.0 Å². The van der Waals surface area contributed by atoms with Crippen LogP contribution >= 0.6 is 0 Å². The maximum atomic E-state index is 11.6. The molecule has 2 rings (SSSR count). The summed E-state index contributed by atoms with van der Waals surface area (Å²) in [7, 11) is 0. The van der Waals surface area contributed by atoms with Crippen LogP contribution in [0.3, 0.4) is 0 Å². The molecule has 6 nitrogen and oxygen atoms in total. The van der Waals surface area contributed by atoms with Crippen molar-refractivity contribution >= 4 is 17.5 Å². The fourth-order valence-corrected chi connectivity index (χ4v) is 2.09. The number of benzene rings is 1. The number of carbonyl (C=O) groups is 2. The number of aliphatic hydroxyl groups is 1. The number of anilines is 1. The molecule has 1 saturated heterocycles. The van der Waals surface area contributed by atoms with E-state index in [4.69, 9.17) is 5.73 Å². The molecule has 0 bridgehead atoms. The summed E-state index contributed by atoms with van der Waals surface area (Å²) in [5.41, 5.74) is 7.94. The normalized spacial score (nSPS) is 19.3. The number of imide groups is 1. The predicted molar refractivity (Wildman–Crippen MR) is 69.8 cm³/mol. The van der Waals surface area contributed by atoms with Gasteiger partial charge in [0, 0.05) is 18.7 Å². The highest BCUT2D eigenvalue weighted by Gasteiger charge is 2.25. The van der Waals surface area contributed by atoms with Crippen molar-refractivity contribution in [1.29, 1.82) is 0 Å². The fraction of sp³-hybridized carbons (Fsp3) is 0.385. The average molecular weight is 263 g/mol. The lowest BCUT2D eigenvalue weighted by Crippen LogP contribution is -2.50. The van der Waals surface area contributed by atoms with E-state index in [1.807, 2.05) is 0 Å². The topological polar surface area (TPSA) is 104 Å². The minimum Gasteiger partial charge on any atom is -0.399 e. The van der Waals surface area contributed by atoms with Gasteiger partial charge in [-0.2, -0.15) is 0 Å². The van der Waals surface area contributed by atoms with Gasteiger partial charge in [-0.3, -0.25) is 14.9 Å². The van der Waals surface area contributed by atoms with E-state index in [1.54, 1.807) is 18.2 Å². The van der Waals surface area contributed by atoms with E-state index < -0.39 is 0 Å². The first-order valence-corrected chi connectivity index (χ1v) is 6.15. The van der Waals surface area contributed by atoms with Crippen molar-refractivity contribution in [3.05, 3.63) is 29.3 Å². The quantitative estimate of drug-likeness (QED) is 0.439. The summed E-state index contributed by atoms with van der Waals surface area (Å²) in [5.74, 6) is -0.534. The second-order valence-electron chi connectivity index (χ2n) is 4.57. The van der Waals surface area contributed by atoms with Crippen molar-refractivity contribution in [1.82, 2.24) is 10.6 Å². The van der Waals surface area contributed by atoms with Crippen LogP contribution in [0.25, 0.3) is 0 Å². The molecule has 5 N–H and O–H groups in total. The second-order valence-corrected chi connectivity index (χ2v) is 4.57. The van der Waals surface area contributed by atoms with E-state index in [1.165, 1.54) is 0 Å². The molecule has 1 aromatic rings. The first-order chi connectivity index (χ1) is 9.10. The molecule has 0 aromatic heterocycles. The Balaban J connectivity index is 2.00. The number of aliphatic hydroxyl groups excluding tert-OH is 1. The summed E-state index contributed by atoms with van der Waals surface area (Å²) >= 11 is 0. The molecule has 0 saturated carbocycles. The molecule has 102 valence electrons. The third-order valence-corrected chi connectivity index (χ3v) is 3.18. The lowest BCUT2D eigenvalue weighted by atomic mass is 10.0. The fourth-order valence-electron chi connectivity index (χ4n) is 2.09. The van der Waals surface area contributed by atoms with Crippen molar-refractivity contribution in [3.8, 4) is 0 Å². The summed E-state index contributed by atoms with van der Waals surface area (Å²) in [6.45, 7) is 0.347. The van der Waals surface area contributed by atoms with Crippen molar-refractivity contribution in [2.24, 2.45) is 0 Å². The highest BCUT2D eigenvalue weighted by Crippen LogP contribution is 2.14. The number of nitrogens with two attached hydrogens (primary N) is 1. The van der Waals surface area contributed by atoms with E-state index in [0.717, 1.165) is 11.1 Å². The van der Waals surface area contributed by atoms with Crippen LogP contribution in [0.2, 0.25) is 0 Å². The molecule has 1 aromatic carbocycles. The molecule has 1 unspecified atom stereocenters. The molecule has 1 heterocycles. The SMILES string of the molecule is Nc1ccc(CO)c(CNC2CCC(=O)NC2=O)c1. The number of nitrogens with one attached hydrogen (secondary N) is 2. The zero-order valence-corrected chi connectivity index (χ0v) is 10.5. The van der Waals surface area contributed by atoms with Gasteiger partial charge in [0.05, 0.1) is 12.6 Å². The van der Waals surface area contributed by atoms with Crippen molar-refractivity contribution in [2.45, 2.75) is 32.0 Å². The van der Waals surface area contributed by atoms with E-state index in [-0.39, 0.29) is 24.5 Å². The van der Waals surface area contributed by atoms with Gasteiger partial charge in [0.2, 0.25) is 11.8 Å². The summed E-state index contributed by atoms with van der Waals surface area (Å²) in [4.78, 5) is 22.6. The monoisotopic (exact) mass is 263 g/mol. The molecule has 1 aliphatic rings. The van der Waals surface area contributed by atoms with E-state index in [2.05, 4.69) is 10.6 Å². The third kappa shape index (κ3) is 3.30. The number of piperidine rings is 1. The third-order valence-electron chi connectivity index (χ3n) is 3.18. The molecule has 0 radical (unpaired) electrons.